The molecule has 0 unspecified atom stereocenters. The van der Waals surface area contributed by atoms with E-state index in [1.54, 1.807) is 0 Å². The van der Waals surface area contributed by atoms with Crippen LogP contribution in [0.25, 0.3) is 0 Å². The van der Waals surface area contributed by atoms with Gasteiger partial charge < -0.3 is 14.9 Å². The number of benzene rings is 1. The zero-order valence-corrected chi connectivity index (χ0v) is 15.1. The van der Waals surface area contributed by atoms with Crippen molar-refractivity contribution in [1.29, 1.82) is 0 Å². The van der Waals surface area contributed by atoms with Crippen LogP contribution in [0.4, 0.5) is 0 Å². The fourth-order valence-corrected chi connectivity index (χ4v) is 2.71. The van der Waals surface area contributed by atoms with E-state index in [1.165, 1.54) is 63.5 Å². The lowest BCUT2D eigenvalue weighted by Gasteiger charge is -2.08. The Balaban J connectivity index is 2.21. The van der Waals surface area contributed by atoms with Crippen LogP contribution in [0.3, 0.4) is 0 Å². The molecular formula is C20H30O5. The standard InChI is InChI=1S/C20H30O5/c1-2-3-4-5-6-7-8-9-10-11-12-25-18-14-16(19(21)22)13-17(15-18)20(23)24/h13-15H,2-12H2,1H3,(H,21,22)(H,23,24). The lowest BCUT2D eigenvalue weighted by atomic mass is 10.1. The topological polar surface area (TPSA) is 83.8 Å². The highest BCUT2D eigenvalue weighted by atomic mass is 16.5. The lowest BCUT2D eigenvalue weighted by Crippen LogP contribution is -2.05. The lowest BCUT2D eigenvalue weighted by molar-refractivity contribution is 0.0696. The highest BCUT2D eigenvalue weighted by Gasteiger charge is 2.12. The molecule has 0 saturated heterocycles. The number of carboxylic acid groups (broad SMARTS) is 2. The summed E-state index contributed by atoms with van der Waals surface area (Å²) in [6.45, 7) is 2.70. The van der Waals surface area contributed by atoms with E-state index in [2.05, 4.69) is 6.92 Å². The monoisotopic (exact) mass is 350 g/mol. The zero-order chi connectivity index (χ0) is 18.5. The van der Waals surface area contributed by atoms with Crippen LogP contribution in [-0.4, -0.2) is 28.8 Å². The average Bonchev–Trinajstić information content (AvgIpc) is 2.59. The van der Waals surface area contributed by atoms with Crippen LogP contribution >= 0.6 is 0 Å². The summed E-state index contributed by atoms with van der Waals surface area (Å²) in [5.41, 5.74) is -0.143. The SMILES string of the molecule is CCCCCCCCCCCCOc1cc(C(=O)O)cc(C(=O)O)c1. The molecule has 0 radical (unpaired) electrons. The van der Waals surface area contributed by atoms with Gasteiger partial charge in [-0.15, -0.1) is 0 Å². The molecule has 0 spiro atoms. The van der Waals surface area contributed by atoms with Gasteiger partial charge in [-0.05, 0) is 24.6 Å². The van der Waals surface area contributed by atoms with Gasteiger partial charge in [0.25, 0.3) is 0 Å². The Morgan fingerprint density at radius 3 is 1.64 bits per heavy atom. The molecule has 1 rings (SSSR count). The Kier molecular flexibility index (Phi) is 10.4. The molecule has 0 aromatic heterocycles. The van der Waals surface area contributed by atoms with Crippen LogP contribution in [-0.2, 0) is 0 Å². The summed E-state index contributed by atoms with van der Waals surface area (Å²) in [7, 11) is 0. The predicted octanol–water partition coefficient (Wildman–Crippen LogP) is 5.38. The first-order valence-electron chi connectivity index (χ1n) is 9.29. The Morgan fingerprint density at radius 1 is 0.760 bits per heavy atom. The summed E-state index contributed by atoms with van der Waals surface area (Å²) in [4.78, 5) is 22.1. The number of unbranched alkanes of at least 4 members (excludes halogenated alkanes) is 9. The Labute approximate surface area is 150 Å². The fraction of sp³-hybridized carbons (Fsp3) is 0.600. The first-order valence-corrected chi connectivity index (χ1v) is 9.29. The van der Waals surface area contributed by atoms with Crippen molar-refractivity contribution in [1.82, 2.24) is 0 Å². The Morgan fingerprint density at radius 2 is 1.20 bits per heavy atom. The third kappa shape index (κ3) is 9.13. The minimum absolute atomic E-state index is 0.0713. The van der Waals surface area contributed by atoms with Crippen LogP contribution in [0, 0.1) is 0 Å². The van der Waals surface area contributed by atoms with E-state index < -0.39 is 11.9 Å². The number of carbonyl (C=O) groups is 2. The third-order valence-electron chi connectivity index (χ3n) is 4.17. The summed E-state index contributed by atoms with van der Waals surface area (Å²) in [6.07, 6.45) is 12.3. The molecule has 0 saturated carbocycles. The van der Waals surface area contributed by atoms with E-state index in [0.717, 1.165) is 18.9 Å². The second-order valence-corrected chi connectivity index (χ2v) is 6.39. The van der Waals surface area contributed by atoms with Gasteiger partial charge in [0.1, 0.15) is 5.75 Å². The smallest absolute Gasteiger partial charge is 0.335 e. The van der Waals surface area contributed by atoms with E-state index in [0.29, 0.717) is 12.4 Å². The Bertz CT molecular complexity index is 507. The third-order valence-corrected chi connectivity index (χ3v) is 4.17. The zero-order valence-electron chi connectivity index (χ0n) is 15.1. The summed E-state index contributed by atoms with van der Waals surface area (Å²) < 4.78 is 5.53. The van der Waals surface area contributed by atoms with Crippen molar-refractivity contribution >= 4 is 11.9 Å². The van der Waals surface area contributed by atoms with Gasteiger partial charge in [-0.1, -0.05) is 64.7 Å². The van der Waals surface area contributed by atoms with Crippen molar-refractivity contribution in [3.63, 3.8) is 0 Å². The van der Waals surface area contributed by atoms with Crippen molar-refractivity contribution in [2.75, 3.05) is 6.61 Å². The first-order chi connectivity index (χ1) is 12.0. The number of carboxylic acids is 2. The molecule has 5 heteroatoms. The molecule has 0 atom stereocenters. The summed E-state index contributed by atoms with van der Waals surface area (Å²) >= 11 is 0. The van der Waals surface area contributed by atoms with Crippen LogP contribution in [0.15, 0.2) is 18.2 Å². The number of aromatic carboxylic acids is 2. The number of rotatable bonds is 14. The van der Waals surface area contributed by atoms with Crippen LogP contribution in [0.1, 0.15) is 91.8 Å². The van der Waals surface area contributed by atoms with E-state index in [-0.39, 0.29) is 11.1 Å². The second-order valence-electron chi connectivity index (χ2n) is 6.39. The normalized spacial score (nSPS) is 10.6. The predicted molar refractivity (Wildman–Crippen MR) is 97.7 cm³/mol. The van der Waals surface area contributed by atoms with E-state index in [1.807, 2.05) is 0 Å². The molecule has 2 N–H and O–H groups in total. The molecule has 0 amide bonds. The maximum absolute atomic E-state index is 11.0. The van der Waals surface area contributed by atoms with Crippen LogP contribution < -0.4 is 4.74 Å². The maximum atomic E-state index is 11.0. The molecule has 0 fully saturated rings. The summed E-state index contributed by atoms with van der Waals surface area (Å²) in [5, 5.41) is 18.1. The fourth-order valence-electron chi connectivity index (χ4n) is 2.71. The van der Waals surface area contributed by atoms with Gasteiger partial charge in [0.2, 0.25) is 0 Å². The molecule has 0 aliphatic heterocycles. The van der Waals surface area contributed by atoms with Crippen molar-refractivity contribution in [2.45, 2.75) is 71.1 Å². The molecular weight excluding hydrogens is 320 g/mol. The van der Waals surface area contributed by atoms with Gasteiger partial charge in [0, 0.05) is 0 Å². The van der Waals surface area contributed by atoms with E-state index in [9.17, 15) is 9.59 Å². The van der Waals surface area contributed by atoms with E-state index >= 15 is 0 Å². The van der Waals surface area contributed by atoms with Gasteiger partial charge >= 0.3 is 11.9 Å². The molecule has 0 heterocycles. The maximum Gasteiger partial charge on any atom is 0.335 e. The Hall–Kier alpha value is -2.04. The van der Waals surface area contributed by atoms with Gasteiger partial charge in [-0.3, -0.25) is 0 Å². The molecule has 1 aromatic rings. The van der Waals surface area contributed by atoms with Gasteiger partial charge in [0.15, 0.2) is 0 Å². The van der Waals surface area contributed by atoms with E-state index in [4.69, 9.17) is 14.9 Å². The molecule has 5 nitrogen and oxygen atoms in total. The van der Waals surface area contributed by atoms with Crippen molar-refractivity contribution < 1.29 is 24.5 Å². The number of ether oxygens (including phenoxy) is 1. The van der Waals surface area contributed by atoms with Crippen molar-refractivity contribution in [3.05, 3.63) is 29.3 Å². The summed E-state index contributed by atoms with van der Waals surface area (Å²) in [5.74, 6) is -2.02. The molecule has 0 bridgehead atoms. The molecule has 1 aromatic carbocycles. The van der Waals surface area contributed by atoms with Gasteiger partial charge in [-0.2, -0.15) is 0 Å². The number of hydrogen-bond acceptors (Lipinski definition) is 3. The minimum atomic E-state index is -1.16. The first kappa shape index (κ1) is 21.0. The molecule has 140 valence electrons. The minimum Gasteiger partial charge on any atom is -0.494 e. The van der Waals surface area contributed by atoms with Crippen molar-refractivity contribution in [3.8, 4) is 5.75 Å². The molecule has 0 aliphatic rings. The largest absolute Gasteiger partial charge is 0.494 e. The average molecular weight is 350 g/mol. The van der Waals surface area contributed by atoms with Gasteiger partial charge in [-0.25, -0.2) is 9.59 Å². The number of hydrogen-bond donors (Lipinski definition) is 2. The van der Waals surface area contributed by atoms with Gasteiger partial charge in [0.05, 0.1) is 17.7 Å². The highest BCUT2D eigenvalue weighted by molar-refractivity contribution is 5.94. The van der Waals surface area contributed by atoms with Crippen LogP contribution in [0.2, 0.25) is 0 Å². The highest BCUT2D eigenvalue weighted by Crippen LogP contribution is 2.18. The quantitative estimate of drug-likeness (QED) is 0.440. The van der Waals surface area contributed by atoms with Crippen molar-refractivity contribution in [2.24, 2.45) is 0 Å². The molecule has 25 heavy (non-hydrogen) atoms. The van der Waals surface area contributed by atoms with Crippen LogP contribution in [0.5, 0.6) is 5.75 Å². The summed E-state index contributed by atoms with van der Waals surface area (Å²) in [6, 6.07) is 3.87. The molecule has 0 aliphatic carbocycles. The second kappa shape index (κ2) is 12.3.